The summed E-state index contributed by atoms with van der Waals surface area (Å²) in [6, 6.07) is 3.05. The summed E-state index contributed by atoms with van der Waals surface area (Å²) in [5, 5.41) is 0. The van der Waals surface area contributed by atoms with Crippen LogP contribution in [0.1, 0.15) is 43.9 Å². The highest BCUT2D eigenvalue weighted by atomic mass is 32.2. The van der Waals surface area contributed by atoms with E-state index in [4.69, 9.17) is 26.4 Å². The Morgan fingerprint density at radius 2 is 1.69 bits per heavy atom. The molecule has 0 bridgehead atoms. The van der Waals surface area contributed by atoms with Crippen molar-refractivity contribution in [1.82, 2.24) is 9.80 Å². The van der Waals surface area contributed by atoms with Crippen molar-refractivity contribution in [3.63, 3.8) is 0 Å². The number of Topliss-reactive ketones (excluding diaryl/α,β-unsaturated/α-hetero) is 2. The number of ether oxygens (including phenoxy) is 3. The van der Waals surface area contributed by atoms with Crippen molar-refractivity contribution in [3.05, 3.63) is 23.3 Å². The van der Waals surface area contributed by atoms with Crippen LogP contribution in [0, 0.1) is 11.3 Å². The summed E-state index contributed by atoms with van der Waals surface area (Å²) >= 11 is 6.88. The number of carbonyl (C=O) groups excluding carboxylic acids is 3. The van der Waals surface area contributed by atoms with Crippen LogP contribution >= 0.6 is 24.0 Å². The molecule has 4 rings (SSSR count). The highest BCUT2D eigenvalue weighted by Crippen LogP contribution is 2.46. The van der Waals surface area contributed by atoms with Crippen molar-refractivity contribution in [2.75, 3.05) is 52.8 Å². The lowest BCUT2D eigenvalue weighted by atomic mass is 9.67. The van der Waals surface area contributed by atoms with Crippen LogP contribution in [0.5, 0.6) is 11.5 Å². The topological polar surface area (TPSA) is 85.4 Å². The van der Waals surface area contributed by atoms with Gasteiger partial charge in [-0.25, -0.2) is 0 Å². The van der Waals surface area contributed by atoms with E-state index in [1.165, 1.54) is 11.8 Å². The number of rotatable bonds is 5. The first-order valence-corrected chi connectivity index (χ1v) is 13.6. The Balaban J connectivity index is 1.64. The van der Waals surface area contributed by atoms with Gasteiger partial charge >= 0.3 is 0 Å². The number of hydrogen-bond donors (Lipinski definition) is 0. The summed E-state index contributed by atoms with van der Waals surface area (Å²) in [7, 11) is 3.12. The second-order valence-electron chi connectivity index (χ2n) is 10.3. The average molecular weight is 535 g/mol. The molecule has 0 aromatic heterocycles. The molecule has 1 saturated heterocycles. The van der Waals surface area contributed by atoms with Crippen molar-refractivity contribution in [2.45, 2.75) is 39.2 Å². The van der Waals surface area contributed by atoms with Crippen LogP contribution in [-0.4, -0.2) is 84.4 Å². The zero-order chi connectivity index (χ0) is 26.0. The molecule has 2 fully saturated rings. The number of thiocarbonyl (C=S) groups is 1. The van der Waals surface area contributed by atoms with Crippen LogP contribution < -0.4 is 9.47 Å². The van der Waals surface area contributed by atoms with Crippen LogP contribution in [-0.2, 0) is 25.5 Å². The first kappa shape index (κ1) is 26.9. The molecule has 1 aromatic rings. The van der Waals surface area contributed by atoms with Gasteiger partial charge < -0.3 is 24.0 Å². The van der Waals surface area contributed by atoms with Gasteiger partial charge in [0.15, 0.2) is 11.5 Å². The molecule has 1 aliphatic carbocycles. The highest BCUT2D eigenvalue weighted by Gasteiger charge is 2.48. The second kappa shape index (κ2) is 11.1. The Hall–Kier alpha value is -2.17. The van der Waals surface area contributed by atoms with Gasteiger partial charge in [-0.3, -0.25) is 14.4 Å². The molecule has 1 atom stereocenters. The minimum Gasteiger partial charge on any atom is -0.493 e. The molecule has 1 amide bonds. The number of methoxy groups -OCH3 is 2. The summed E-state index contributed by atoms with van der Waals surface area (Å²) in [4.78, 5) is 44.1. The van der Waals surface area contributed by atoms with Gasteiger partial charge in [-0.15, -0.1) is 0 Å². The lowest BCUT2D eigenvalue weighted by molar-refractivity contribution is -0.146. The lowest BCUT2D eigenvalue weighted by Gasteiger charge is -2.44. The van der Waals surface area contributed by atoms with Crippen molar-refractivity contribution in [2.24, 2.45) is 11.3 Å². The molecule has 1 saturated carbocycles. The van der Waals surface area contributed by atoms with Gasteiger partial charge in [-0.2, -0.15) is 0 Å². The van der Waals surface area contributed by atoms with E-state index in [2.05, 4.69) is 0 Å². The van der Waals surface area contributed by atoms with E-state index in [0.717, 1.165) is 11.1 Å². The summed E-state index contributed by atoms with van der Waals surface area (Å²) in [5.41, 5.74) is 1.36. The number of amides is 1. The van der Waals surface area contributed by atoms with Crippen LogP contribution in [0.15, 0.2) is 12.1 Å². The first-order valence-electron chi connectivity index (χ1n) is 12.2. The third kappa shape index (κ3) is 5.55. The number of benzene rings is 1. The number of carbonyl (C=O) groups is 3. The predicted octanol–water partition coefficient (Wildman–Crippen LogP) is 3.05. The molecular weight excluding hydrogens is 500 g/mol. The molecule has 1 aromatic carbocycles. The van der Waals surface area contributed by atoms with Gasteiger partial charge in [-0.05, 0) is 35.1 Å². The van der Waals surface area contributed by atoms with Gasteiger partial charge in [-0.1, -0.05) is 37.8 Å². The summed E-state index contributed by atoms with van der Waals surface area (Å²) < 4.78 is 17.1. The normalized spacial score (nSPS) is 22.3. The van der Waals surface area contributed by atoms with Gasteiger partial charge in [0.05, 0.1) is 39.2 Å². The maximum atomic E-state index is 13.6. The van der Waals surface area contributed by atoms with Gasteiger partial charge in [0.1, 0.15) is 21.8 Å². The van der Waals surface area contributed by atoms with Crippen LogP contribution in [0.4, 0.5) is 0 Å². The Morgan fingerprint density at radius 3 is 2.31 bits per heavy atom. The number of nitrogens with zero attached hydrogens (tertiary/aromatic N) is 2. The lowest BCUT2D eigenvalue weighted by Crippen LogP contribution is -2.51. The summed E-state index contributed by atoms with van der Waals surface area (Å²) in [6.07, 6.45) is 1.21. The predicted molar refractivity (Wildman–Crippen MR) is 142 cm³/mol. The Labute approximate surface area is 222 Å². The minimum atomic E-state index is -0.893. The summed E-state index contributed by atoms with van der Waals surface area (Å²) in [5.74, 6) is -0.00755. The second-order valence-corrected chi connectivity index (χ2v) is 11.9. The van der Waals surface area contributed by atoms with E-state index < -0.39 is 12.0 Å². The molecule has 0 N–H and O–H groups in total. The number of thioether (sulfide) groups is 1. The zero-order valence-corrected chi connectivity index (χ0v) is 23.0. The third-order valence-electron chi connectivity index (χ3n) is 7.15. The average Bonchev–Trinajstić information content (AvgIpc) is 2.85. The molecule has 3 aliphatic rings. The number of fused-ring (bicyclic) bond motifs is 1. The standard InChI is InChI=1S/C26H34N2O6S2/c1-26(2)13-18(29)23(19(30)14-26)24-17-12-21(33-4)20(32-3)11-16(17)5-6-28(24)22(31)15-36-25(35)27-7-9-34-10-8-27/h11-12,23-24H,5-10,13-15H2,1-4H3. The Bertz CT molecular complexity index is 1030. The maximum absolute atomic E-state index is 13.6. The molecule has 196 valence electrons. The molecular formula is C26H34N2O6S2. The molecule has 2 heterocycles. The first-order chi connectivity index (χ1) is 17.1. The number of morpholine rings is 1. The van der Waals surface area contributed by atoms with Crippen molar-refractivity contribution in [3.8, 4) is 11.5 Å². The van der Waals surface area contributed by atoms with Gasteiger partial charge in [0.25, 0.3) is 0 Å². The molecule has 0 spiro atoms. The number of hydrogen-bond acceptors (Lipinski definition) is 8. The van der Waals surface area contributed by atoms with E-state index in [1.807, 2.05) is 30.9 Å². The van der Waals surface area contributed by atoms with Crippen LogP contribution in [0.25, 0.3) is 0 Å². The van der Waals surface area contributed by atoms with E-state index in [1.54, 1.807) is 19.1 Å². The molecule has 36 heavy (non-hydrogen) atoms. The quantitative estimate of drug-likeness (QED) is 0.418. The smallest absolute Gasteiger partial charge is 0.233 e. The molecule has 10 heteroatoms. The van der Waals surface area contributed by atoms with Crippen LogP contribution in [0.3, 0.4) is 0 Å². The van der Waals surface area contributed by atoms with Crippen molar-refractivity contribution >= 4 is 45.8 Å². The SMILES string of the molecule is COc1cc2c(cc1OC)C(C1C(=O)CC(C)(C)CC1=O)N(C(=O)CSC(=S)N1CCOCC1)CC2. The van der Waals surface area contributed by atoms with E-state index >= 15 is 0 Å². The van der Waals surface area contributed by atoms with Crippen molar-refractivity contribution < 1.29 is 28.6 Å². The Morgan fingerprint density at radius 1 is 1.08 bits per heavy atom. The fourth-order valence-electron chi connectivity index (χ4n) is 5.42. The molecule has 1 unspecified atom stereocenters. The van der Waals surface area contributed by atoms with E-state index in [0.29, 0.717) is 67.9 Å². The fraction of sp³-hybridized carbons (Fsp3) is 0.615. The van der Waals surface area contributed by atoms with Gasteiger partial charge in [0.2, 0.25) is 5.91 Å². The van der Waals surface area contributed by atoms with Gasteiger partial charge in [0, 0.05) is 32.5 Å². The maximum Gasteiger partial charge on any atom is 0.233 e. The summed E-state index contributed by atoms with van der Waals surface area (Å²) in [6.45, 7) is 6.95. The van der Waals surface area contributed by atoms with Crippen molar-refractivity contribution in [1.29, 1.82) is 0 Å². The number of ketones is 2. The molecule has 0 radical (unpaired) electrons. The minimum absolute atomic E-state index is 0.113. The largest absolute Gasteiger partial charge is 0.493 e. The fourth-order valence-corrected chi connectivity index (χ4v) is 6.55. The highest BCUT2D eigenvalue weighted by molar-refractivity contribution is 8.23. The van der Waals surface area contributed by atoms with Crippen LogP contribution in [0.2, 0.25) is 0 Å². The Kier molecular flexibility index (Phi) is 8.26. The molecule has 2 aliphatic heterocycles. The van der Waals surface area contributed by atoms with E-state index in [-0.39, 0.29) is 28.6 Å². The monoisotopic (exact) mass is 534 g/mol. The molecule has 8 nitrogen and oxygen atoms in total. The van der Waals surface area contributed by atoms with E-state index in [9.17, 15) is 14.4 Å². The zero-order valence-electron chi connectivity index (χ0n) is 21.3. The third-order valence-corrected chi connectivity index (χ3v) is 8.65.